The van der Waals surface area contributed by atoms with Crippen molar-refractivity contribution < 1.29 is 22.2 Å². The van der Waals surface area contributed by atoms with E-state index in [2.05, 4.69) is 24.3 Å². The summed E-state index contributed by atoms with van der Waals surface area (Å²) >= 11 is 0. The van der Waals surface area contributed by atoms with Gasteiger partial charge in [-0.05, 0) is 101 Å². The zero-order valence-electron chi connectivity index (χ0n) is 42.0. The minimum Gasteiger partial charge on any atom is -0.455 e. The van der Waals surface area contributed by atoms with Crippen molar-refractivity contribution in [1.29, 1.82) is 0 Å². The van der Waals surface area contributed by atoms with Crippen LogP contribution in [0.3, 0.4) is 0 Å². The van der Waals surface area contributed by atoms with E-state index in [1.165, 1.54) is 0 Å². The van der Waals surface area contributed by atoms with Gasteiger partial charge in [-0.25, -0.2) is 0 Å². The first kappa shape index (κ1) is 20.9. The van der Waals surface area contributed by atoms with Crippen LogP contribution in [-0.2, 0) is 0 Å². The highest BCUT2D eigenvalue weighted by Gasteiger charge is 2.24. The number of hydrogen-bond donors (Lipinski definition) is 0. The molecule has 1 aromatic heterocycles. The normalized spacial score (nSPS) is 14.9. The van der Waals surface area contributed by atoms with Gasteiger partial charge in [0.1, 0.15) is 11.3 Å². The molecule has 0 unspecified atom stereocenters. The van der Waals surface area contributed by atoms with Crippen LogP contribution in [0.25, 0.3) is 110 Å². The fourth-order valence-electron chi connectivity index (χ4n) is 7.97. The van der Waals surface area contributed by atoms with E-state index in [-0.39, 0.29) is 55.1 Å². The van der Waals surface area contributed by atoms with Crippen LogP contribution in [0.15, 0.2) is 210 Å². The van der Waals surface area contributed by atoms with Crippen molar-refractivity contribution in [1.82, 2.24) is 0 Å². The van der Waals surface area contributed by atoms with Crippen LogP contribution in [0.4, 0.5) is 0 Å². The van der Waals surface area contributed by atoms with Crippen LogP contribution >= 0.6 is 0 Å². The van der Waals surface area contributed by atoms with Crippen LogP contribution in [0, 0.1) is 0 Å². The van der Waals surface area contributed by atoms with Crippen LogP contribution in [0.1, 0.15) is 17.8 Å². The monoisotopic (exact) mass is 711 g/mol. The SMILES string of the molecule is [2H]c1c([2H])c([2H])c(-c2oc3ccccc3c2-c2c3c([2H])c([2H])c([2H])c([2H])c3c(-c3ccc4cc(-c5ccccc5)c5ccc(-c6ccccc6)cc5c4c3)c3c([2H])c([2H])c([2H])c([2H])c23)c([2H])c1[2H]. The Morgan fingerprint density at radius 2 is 0.909 bits per heavy atom. The average Bonchev–Trinajstić information content (AvgIpc) is 3.74. The number of benzene rings is 10. The van der Waals surface area contributed by atoms with E-state index in [1.54, 1.807) is 30.3 Å². The molecular formula is C54H34O. The van der Waals surface area contributed by atoms with Crippen LogP contribution < -0.4 is 0 Å². The Labute approximate surface area is 337 Å². The van der Waals surface area contributed by atoms with Crippen LogP contribution in [0.5, 0.6) is 0 Å². The number of furan rings is 1. The lowest BCUT2D eigenvalue weighted by Gasteiger charge is -2.19. The third-order valence-corrected chi connectivity index (χ3v) is 10.4. The summed E-state index contributed by atoms with van der Waals surface area (Å²) in [6.07, 6.45) is 0. The molecule has 1 heteroatoms. The van der Waals surface area contributed by atoms with Gasteiger partial charge in [-0.15, -0.1) is 0 Å². The second-order valence-electron chi connectivity index (χ2n) is 13.4. The van der Waals surface area contributed by atoms with Gasteiger partial charge in [0.25, 0.3) is 0 Å². The van der Waals surface area contributed by atoms with E-state index in [0.29, 0.717) is 10.9 Å². The fourth-order valence-corrected chi connectivity index (χ4v) is 7.97. The summed E-state index contributed by atoms with van der Waals surface area (Å²) < 4.78 is 125. The summed E-state index contributed by atoms with van der Waals surface area (Å²) in [5.41, 5.74) is 4.32. The Kier molecular flexibility index (Phi) is 4.83. The molecule has 256 valence electrons. The summed E-state index contributed by atoms with van der Waals surface area (Å²) in [7, 11) is 0. The number of rotatable bonds is 5. The molecule has 0 atom stereocenters. The molecule has 0 aliphatic rings. The lowest BCUT2D eigenvalue weighted by atomic mass is 9.84. The number of hydrogen-bond acceptors (Lipinski definition) is 1. The minimum atomic E-state index is -0.642. The lowest BCUT2D eigenvalue weighted by molar-refractivity contribution is 0.632. The molecule has 0 aliphatic heterocycles. The first-order valence-corrected chi connectivity index (χ1v) is 17.9. The molecule has 0 bridgehead atoms. The largest absolute Gasteiger partial charge is 0.455 e. The molecule has 0 saturated heterocycles. The molecule has 0 saturated carbocycles. The van der Waals surface area contributed by atoms with Crippen LogP contribution in [0.2, 0.25) is 0 Å². The zero-order valence-corrected chi connectivity index (χ0v) is 29.0. The van der Waals surface area contributed by atoms with E-state index in [4.69, 9.17) is 16.8 Å². The molecule has 0 fully saturated rings. The van der Waals surface area contributed by atoms with Gasteiger partial charge in [-0.2, -0.15) is 0 Å². The summed E-state index contributed by atoms with van der Waals surface area (Å²) in [5.74, 6) is -0.237. The molecule has 1 heterocycles. The summed E-state index contributed by atoms with van der Waals surface area (Å²) in [6.45, 7) is 0. The second kappa shape index (κ2) is 12.7. The molecule has 0 spiro atoms. The van der Waals surface area contributed by atoms with Crippen molar-refractivity contribution in [3.8, 4) is 55.8 Å². The lowest BCUT2D eigenvalue weighted by Crippen LogP contribution is -1.92. The second-order valence-corrected chi connectivity index (χ2v) is 13.4. The molecule has 55 heavy (non-hydrogen) atoms. The molecule has 11 aromatic rings. The van der Waals surface area contributed by atoms with E-state index in [0.717, 1.165) is 43.8 Å². The summed E-state index contributed by atoms with van der Waals surface area (Å²) in [4.78, 5) is 0. The third-order valence-electron chi connectivity index (χ3n) is 10.4. The van der Waals surface area contributed by atoms with Gasteiger partial charge in [0, 0.05) is 22.1 Å². The van der Waals surface area contributed by atoms with Gasteiger partial charge < -0.3 is 4.42 Å². The fraction of sp³-hybridized carbons (Fsp3) is 0. The van der Waals surface area contributed by atoms with Gasteiger partial charge in [0.2, 0.25) is 0 Å². The number of para-hydroxylation sites is 1. The van der Waals surface area contributed by atoms with Gasteiger partial charge >= 0.3 is 0 Å². The Balaban J connectivity index is 1.35. The van der Waals surface area contributed by atoms with Crippen molar-refractivity contribution in [2.45, 2.75) is 0 Å². The maximum atomic E-state index is 9.67. The molecular weight excluding hydrogens is 665 g/mol. The molecule has 10 aromatic carbocycles. The molecule has 0 aliphatic carbocycles. The first-order chi connectivity index (χ1) is 32.7. The van der Waals surface area contributed by atoms with Gasteiger partial charge in [-0.3, -0.25) is 0 Å². The van der Waals surface area contributed by atoms with Gasteiger partial charge in [0.05, 0.1) is 17.8 Å². The van der Waals surface area contributed by atoms with Crippen molar-refractivity contribution >= 4 is 54.1 Å². The third kappa shape index (κ3) is 5.09. The number of fused-ring (bicyclic) bond motifs is 6. The highest BCUT2D eigenvalue weighted by Crippen LogP contribution is 2.50. The van der Waals surface area contributed by atoms with E-state index >= 15 is 0 Å². The molecule has 1 nitrogen and oxygen atoms in total. The smallest absolute Gasteiger partial charge is 0.143 e. The van der Waals surface area contributed by atoms with Crippen molar-refractivity contribution in [2.75, 3.05) is 0 Å². The average molecular weight is 712 g/mol. The first-order valence-electron chi connectivity index (χ1n) is 24.4. The molecule has 0 radical (unpaired) electrons. The Hall–Kier alpha value is -7.22. The standard InChI is InChI=1S/C54H34O/c1-4-16-35(17-5-1)38-30-31-41-47(36-18-6-2-7-19-36)33-39-28-29-40(34-48(39)49(41)32-38)51-42-22-10-12-24-44(42)52(45-25-13-11-23-43(45)51)53-46-26-14-15-27-50(46)55-54(53)37-20-8-3-9-21-37/h1-34H/i3D,8D,9D,10D,11D,12D,13D,20D,21D,22D,23D,24D,25D. The van der Waals surface area contributed by atoms with E-state index in [9.17, 15) is 5.48 Å². The molecule has 0 N–H and O–H groups in total. The quantitative estimate of drug-likeness (QED) is 0.128. The molecule has 11 rings (SSSR count). The Morgan fingerprint density at radius 3 is 1.62 bits per heavy atom. The Bertz CT molecular complexity index is 3890. The van der Waals surface area contributed by atoms with Crippen molar-refractivity contribution in [3.05, 3.63) is 206 Å². The van der Waals surface area contributed by atoms with Crippen molar-refractivity contribution in [2.24, 2.45) is 0 Å². The van der Waals surface area contributed by atoms with E-state index in [1.807, 2.05) is 72.8 Å². The summed E-state index contributed by atoms with van der Waals surface area (Å²) in [5, 5.41) is 3.46. The van der Waals surface area contributed by atoms with Gasteiger partial charge in [-0.1, -0.05) is 182 Å². The minimum absolute atomic E-state index is 0.0298. The van der Waals surface area contributed by atoms with Gasteiger partial charge in [0.15, 0.2) is 0 Å². The Morgan fingerprint density at radius 1 is 0.327 bits per heavy atom. The summed E-state index contributed by atoms with van der Waals surface area (Å²) in [6, 6.07) is 33.1. The maximum absolute atomic E-state index is 9.67. The van der Waals surface area contributed by atoms with Crippen molar-refractivity contribution in [3.63, 3.8) is 0 Å². The highest BCUT2D eigenvalue weighted by molar-refractivity contribution is 6.25. The van der Waals surface area contributed by atoms with E-state index < -0.39 is 78.6 Å². The molecule has 0 amide bonds. The predicted octanol–water partition coefficient (Wildman–Crippen LogP) is 15.4. The van der Waals surface area contributed by atoms with Crippen LogP contribution in [-0.4, -0.2) is 0 Å². The zero-order chi connectivity index (χ0) is 47.6. The predicted molar refractivity (Wildman–Crippen MR) is 233 cm³/mol. The topological polar surface area (TPSA) is 13.1 Å². The maximum Gasteiger partial charge on any atom is 0.143 e. The highest BCUT2D eigenvalue weighted by atomic mass is 16.3.